The number of fused-ring (bicyclic) bond motifs is 2. The van der Waals surface area contributed by atoms with Crippen molar-refractivity contribution in [3.8, 4) is 17.1 Å². The van der Waals surface area contributed by atoms with Crippen LogP contribution in [0.25, 0.3) is 11.3 Å². The van der Waals surface area contributed by atoms with Gasteiger partial charge >= 0.3 is 0 Å². The molecule has 3 N–H and O–H groups in total. The van der Waals surface area contributed by atoms with Gasteiger partial charge in [-0.1, -0.05) is 41.4 Å². The summed E-state index contributed by atoms with van der Waals surface area (Å²) >= 11 is 12.9. The van der Waals surface area contributed by atoms with E-state index < -0.39 is 5.92 Å². The van der Waals surface area contributed by atoms with Crippen LogP contribution in [0.1, 0.15) is 29.9 Å². The first-order valence-electron chi connectivity index (χ1n) is 11.7. The van der Waals surface area contributed by atoms with Gasteiger partial charge in [-0.2, -0.15) is 10.1 Å². The number of benzene rings is 2. The van der Waals surface area contributed by atoms with Crippen molar-refractivity contribution in [2.45, 2.75) is 25.3 Å². The van der Waals surface area contributed by atoms with Gasteiger partial charge in [0.25, 0.3) is 0 Å². The van der Waals surface area contributed by atoms with Crippen molar-refractivity contribution in [2.24, 2.45) is 0 Å². The maximum atomic E-state index is 12.6. The first kappa shape index (κ1) is 23.4. The lowest BCUT2D eigenvalue weighted by atomic mass is 9.85. The van der Waals surface area contributed by atoms with Crippen molar-refractivity contribution in [1.82, 2.24) is 19.7 Å². The van der Waals surface area contributed by atoms with Crippen LogP contribution in [0.5, 0.6) is 5.88 Å². The van der Waals surface area contributed by atoms with Gasteiger partial charge in [-0.05, 0) is 36.2 Å². The molecule has 2 aromatic carbocycles. The monoisotopic (exact) mass is 533 g/mol. The zero-order chi connectivity index (χ0) is 25.5. The van der Waals surface area contributed by atoms with Crippen molar-refractivity contribution >= 4 is 52.3 Å². The molecule has 1 amide bonds. The molecule has 1 unspecified atom stereocenters. The number of carbonyl (C=O) groups excluding carboxylic acids is 1. The summed E-state index contributed by atoms with van der Waals surface area (Å²) in [6.07, 6.45) is 2.13. The number of nitrogens with one attached hydrogen (secondary N) is 3. The molecule has 186 valence electrons. The molecule has 1 atom stereocenters. The van der Waals surface area contributed by atoms with Crippen LogP contribution in [0.3, 0.4) is 0 Å². The second-order valence-corrected chi connectivity index (χ2v) is 9.60. The summed E-state index contributed by atoms with van der Waals surface area (Å²) in [5.74, 6) is 0.673. The molecular weight excluding hydrogens is 513 g/mol. The summed E-state index contributed by atoms with van der Waals surface area (Å²) in [4.78, 5) is 21.5. The molecule has 9 nitrogen and oxygen atoms in total. The van der Waals surface area contributed by atoms with Crippen molar-refractivity contribution in [1.29, 1.82) is 5.41 Å². The molecule has 0 bridgehead atoms. The summed E-state index contributed by atoms with van der Waals surface area (Å²) in [7, 11) is 0. The number of hydrogen-bond donors (Lipinski definition) is 3. The number of halogens is 2. The fourth-order valence-corrected chi connectivity index (χ4v) is 5.24. The molecule has 0 saturated heterocycles. The van der Waals surface area contributed by atoms with Gasteiger partial charge in [0, 0.05) is 45.9 Å². The number of aromatic nitrogens is 4. The molecular formula is C26H21Cl2N7O2. The van der Waals surface area contributed by atoms with Crippen LogP contribution in [-0.4, -0.2) is 38.0 Å². The third-order valence-corrected chi connectivity index (χ3v) is 7.09. The molecule has 0 fully saturated rings. The molecule has 6 rings (SSSR count). The van der Waals surface area contributed by atoms with Crippen molar-refractivity contribution in [3.05, 3.63) is 75.9 Å². The van der Waals surface area contributed by atoms with Crippen LogP contribution in [0.15, 0.2) is 54.7 Å². The number of amides is 1. The Labute approximate surface area is 222 Å². The van der Waals surface area contributed by atoms with E-state index in [2.05, 4.69) is 25.7 Å². The van der Waals surface area contributed by atoms with Gasteiger partial charge < -0.3 is 20.8 Å². The van der Waals surface area contributed by atoms with Crippen LogP contribution < -0.4 is 15.4 Å². The number of nitrogens with zero attached hydrogens (tertiary/aromatic N) is 4. The van der Waals surface area contributed by atoms with E-state index in [-0.39, 0.29) is 23.9 Å². The number of hydrogen-bond acceptors (Lipinski definition) is 7. The zero-order valence-corrected chi connectivity index (χ0v) is 21.0. The van der Waals surface area contributed by atoms with E-state index in [4.69, 9.17) is 33.3 Å². The highest BCUT2D eigenvalue weighted by Gasteiger charge is 2.29. The van der Waals surface area contributed by atoms with Crippen LogP contribution in [0.2, 0.25) is 10.0 Å². The van der Waals surface area contributed by atoms with Crippen LogP contribution in [0, 0.1) is 5.41 Å². The second kappa shape index (κ2) is 9.49. The third-order valence-electron chi connectivity index (χ3n) is 6.43. The standard InChI is InChI=1S/C26H21Cl2N7O2/c27-18-2-1-3-19(28)23(18)16-8-9-21(36)32-25-17(24(16)29)13-30-26(33-25)31-15-6-4-14(5-7-15)20-12-22-35(34-20)10-11-37-22/h1-7,12-13,16,29H,8-11H2,(H2,30,31,32,33,36). The minimum absolute atomic E-state index is 0.199. The number of ether oxygens (including phenoxy) is 1. The van der Waals surface area contributed by atoms with Gasteiger partial charge in [-0.15, -0.1) is 0 Å². The average molecular weight is 534 g/mol. The smallest absolute Gasteiger partial charge is 0.229 e. The average Bonchev–Trinajstić information content (AvgIpc) is 3.48. The van der Waals surface area contributed by atoms with E-state index >= 15 is 0 Å². The first-order valence-corrected chi connectivity index (χ1v) is 12.5. The maximum absolute atomic E-state index is 12.6. The second-order valence-electron chi connectivity index (χ2n) is 8.79. The Hall–Kier alpha value is -3.95. The predicted molar refractivity (Wildman–Crippen MR) is 142 cm³/mol. The zero-order valence-electron chi connectivity index (χ0n) is 19.5. The molecule has 11 heteroatoms. The summed E-state index contributed by atoms with van der Waals surface area (Å²) in [5, 5.41) is 20.4. The minimum atomic E-state index is -0.462. The first-order chi connectivity index (χ1) is 18.0. The molecule has 0 saturated carbocycles. The van der Waals surface area contributed by atoms with Gasteiger partial charge in [-0.25, -0.2) is 9.67 Å². The number of carbonyl (C=O) groups is 1. The molecule has 4 aromatic rings. The lowest BCUT2D eigenvalue weighted by molar-refractivity contribution is -0.116. The highest BCUT2D eigenvalue weighted by Crippen LogP contribution is 2.38. The number of anilines is 3. The van der Waals surface area contributed by atoms with E-state index in [1.165, 1.54) is 6.20 Å². The lowest BCUT2D eigenvalue weighted by Crippen LogP contribution is -2.25. The van der Waals surface area contributed by atoms with Crippen LogP contribution in [-0.2, 0) is 11.3 Å². The Morgan fingerprint density at radius 2 is 1.92 bits per heavy atom. The highest BCUT2D eigenvalue weighted by molar-refractivity contribution is 6.36. The quantitative estimate of drug-likeness (QED) is 0.311. The Bertz CT molecular complexity index is 1490. The van der Waals surface area contributed by atoms with Gasteiger partial charge in [0.15, 0.2) is 0 Å². The molecule has 2 aliphatic rings. The third kappa shape index (κ3) is 4.52. The molecule has 0 radical (unpaired) electrons. The van der Waals surface area contributed by atoms with E-state index in [1.807, 2.05) is 35.0 Å². The molecule has 37 heavy (non-hydrogen) atoms. The molecule has 2 aliphatic heterocycles. The van der Waals surface area contributed by atoms with Gasteiger partial charge in [0.05, 0.1) is 23.5 Å². The van der Waals surface area contributed by atoms with Gasteiger partial charge in [0.2, 0.25) is 17.7 Å². The molecule has 4 heterocycles. The summed E-state index contributed by atoms with van der Waals surface area (Å²) in [6.45, 7) is 1.41. The van der Waals surface area contributed by atoms with E-state index in [0.717, 1.165) is 29.4 Å². The number of rotatable bonds is 4. The van der Waals surface area contributed by atoms with Crippen LogP contribution in [0.4, 0.5) is 17.5 Å². The summed E-state index contributed by atoms with van der Waals surface area (Å²) in [5.41, 5.74) is 3.86. The SMILES string of the molecule is N=C1c2cnc(Nc3ccc(-c4cc5n(n4)CCO5)cc3)nc2NC(=O)CCC1c1c(Cl)cccc1Cl. The van der Waals surface area contributed by atoms with E-state index in [1.54, 1.807) is 18.2 Å². The van der Waals surface area contributed by atoms with Gasteiger partial charge in [0.1, 0.15) is 12.4 Å². The van der Waals surface area contributed by atoms with Gasteiger partial charge in [-0.3, -0.25) is 4.79 Å². The molecule has 0 spiro atoms. The molecule has 2 aromatic heterocycles. The maximum Gasteiger partial charge on any atom is 0.229 e. The Morgan fingerprint density at radius 1 is 1.14 bits per heavy atom. The topological polar surface area (TPSA) is 118 Å². The normalized spacial score (nSPS) is 16.8. The lowest BCUT2D eigenvalue weighted by Gasteiger charge is -2.24. The highest BCUT2D eigenvalue weighted by atomic mass is 35.5. The Morgan fingerprint density at radius 3 is 2.68 bits per heavy atom. The van der Waals surface area contributed by atoms with Crippen LogP contribution >= 0.6 is 23.2 Å². The van der Waals surface area contributed by atoms with E-state index in [0.29, 0.717) is 40.1 Å². The summed E-state index contributed by atoms with van der Waals surface area (Å²) in [6, 6.07) is 14.8. The van der Waals surface area contributed by atoms with E-state index in [9.17, 15) is 4.79 Å². The van der Waals surface area contributed by atoms with Crippen molar-refractivity contribution in [2.75, 3.05) is 17.2 Å². The molecule has 0 aliphatic carbocycles. The fourth-order valence-electron chi connectivity index (χ4n) is 4.58. The Kier molecular flexibility index (Phi) is 6.02. The van der Waals surface area contributed by atoms with Crippen molar-refractivity contribution < 1.29 is 9.53 Å². The fraction of sp³-hybridized carbons (Fsp3) is 0.192. The van der Waals surface area contributed by atoms with Crippen molar-refractivity contribution in [3.63, 3.8) is 0 Å². The minimum Gasteiger partial charge on any atom is -0.476 e. The largest absolute Gasteiger partial charge is 0.476 e. The predicted octanol–water partition coefficient (Wildman–Crippen LogP) is 5.67. The summed E-state index contributed by atoms with van der Waals surface area (Å²) < 4.78 is 7.39. The Balaban J connectivity index is 1.26.